The molecular weight excluding hydrogens is 340 g/mol. The van der Waals surface area contributed by atoms with Gasteiger partial charge < -0.3 is 10.3 Å². The van der Waals surface area contributed by atoms with Crippen LogP contribution in [0.5, 0.6) is 0 Å². The first-order chi connectivity index (χ1) is 12.0. The maximum absolute atomic E-state index is 12.6. The standard InChI is InChI=1S/C18H19ClN4O2/c1-23(10-20)18(25)13-4-2-3-5-14(13)22-17(24)16-8-11-6-7-12(19)9-15(11)21-16/h6-9,13-14,21H,2-5H2,1H3,(H,22,24). The van der Waals surface area contributed by atoms with Crippen LogP contribution in [0.3, 0.4) is 0 Å². The van der Waals surface area contributed by atoms with Crippen LogP contribution in [0.2, 0.25) is 5.02 Å². The molecule has 3 rings (SSSR count). The van der Waals surface area contributed by atoms with Crippen molar-refractivity contribution in [3.63, 3.8) is 0 Å². The molecule has 1 aliphatic rings. The van der Waals surface area contributed by atoms with E-state index in [9.17, 15) is 9.59 Å². The minimum absolute atomic E-state index is 0.240. The van der Waals surface area contributed by atoms with Crippen molar-refractivity contribution in [3.8, 4) is 6.19 Å². The van der Waals surface area contributed by atoms with Crippen molar-refractivity contribution < 1.29 is 9.59 Å². The molecule has 0 spiro atoms. The van der Waals surface area contributed by atoms with Gasteiger partial charge in [-0.05, 0) is 31.0 Å². The molecule has 1 saturated carbocycles. The summed E-state index contributed by atoms with van der Waals surface area (Å²) in [6.07, 6.45) is 5.13. The Hall–Kier alpha value is -2.52. The van der Waals surface area contributed by atoms with Crippen LogP contribution < -0.4 is 5.32 Å². The summed E-state index contributed by atoms with van der Waals surface area (Å²) in [5, 5.41) is 13.4. The van der Waals surface area contributed by atoms with Crippen molar-refractivity contribution in [3.05, 3.63) is 35.0 Å². The molecule has 2 amide bonds. The van der Waals surface area contributed by atoms with E-state index >= 15 is 0 Å². The molecule has 7 heteroatoms. The zero-order valence-corrected chi connectivity index (χ0v) is 14.6. The van der Waals surface area contributed by atoms with Gasteiger partial charge in [-0.3, -0.25) is 14.5 Å². The molecule has 1 aromatic heterocycles. The topological polar surface area (TPSA) is 89.0 Å². The van der Waals surface area contributed by atoms with Gasteiger partial charge in [-0.15, -0.1) is 0 Å². The Balaban J connectivity index is 1.77. The highest BCUT2D eigenvalue weighted by Gasteiger charge is 2.34. The summed E-state index contributed by atoms with van der Waals surface area (Å²) >= 11 is 5.97. The maximum atomic E-state index is 12.6. The van der Waals surface area contributed by atoms with Crippen LogP contribution in [0.25, 0.3) is 10.9 Å². The quantitative estimate of drug-likeness (QED) is 0.652. The second kappa shape index (κ2) is 7.16. The second-order valence-corrected chi connectivity index (χ2v) is 6.82. The van der Waals surface area contributed by atoms with Gasteiger partial charge in [-0.2, -0.15) is 5.26 Å². The third-order valence-corrected chi connectivity index (χ3v) is 4.94. The number of aromatic amines is 1. The third-order valence-electron chi connectivity index (χ3n) is 4.71. The van der Waals surface area contributed by atoms with Crippen LogP contribution in [0.4, 0.5) is 0 Å². The molecule has 1 heterocycles. The van der Waals surface area contributed by atoms with Crippen molar-refractivity contribution in [2.45, 2.75) is 31.7 Å². The van der Waals surface area contributed by atoms with E-state index in [1.807, 2.05) is 12.3 Å². The number of halogens is 1. The summed E-state index contributed by atoms with van der Waals surface area (Å²) in [5.74, 6) is -0.853. The fourth-order valence-electron chi connectivity index (χ4n) is 3.36. The normalized spacial score (nSPS) is 20.0. The molecule has 0 bridgehead atoms. The Bertz CT molecular complexity index is 854. The largest absolute Gasteiger partial charge is 0.350 e. The molecular formula is C18H19ClN4O2. The lowest BCUT2D eigenvalue weighted by atomic mass is 9.83. The summed E-state index contributed by atoms with van der Waals surface area (Å²) in [4.78, 5) is 29.1. The summed E-state index contributed by atoms with van der Waals surface area (Å²) in [5.41, 5.74) is 1.22. The summed E-state index contributed by atoms with van der Waals surface area (Å²) < 4.78 is 0. The van der Waals surface area contributed by atoms with E-state index in [2.05, 4.69) is 10.3 Å². The molecule has 2 unspecified atom stereocenters. The number of H-pyrrole nitrogens is 1. The van der Waals surface area contributed by atoms with Gasteiger partial charge in [0.2, 0.25) is 5.91 Å². The number of hydrogen-bond acceptors (Lipinski definition) is 3. The molecule has 2 atom stereocenters. The highest BCUT2D eigenvalue weighted by atomic mass is 35.5. The van der Waals surface area contributed by atoms with E-state index < -0.39 is 0 Å². The van der Waals surface area contributed by atoms with Crippen molar-refractivity contribution in [1.29, 1.82) is 5.26 Å². The Morgan fingerprint density at radius 2 is 2.08 bits per heavy atom. The number of hydrogen-bond donors (Lipinski definition) is 2. The SMILES string of the molecule is CN(C#N)C(=O)C1CCCCC1NC(=O)c1cc2ccc(Cl)cc2[nH]1. The molecule has 2 aromatic rings. The fraction of sp³-hybridized carbons (Fsp3) is 0.389. The van der Waals surface area contributed by atoms with Crippen LogP contribution in [0.15, 0.2) is 24.3 Å². The molecule has 1 aromatic carbocycles. The van der Waals surface area contributed by atoms with Crippen LogP contribution >= 0.6 is 11.6 Å². The highest BCUT2D eigenvalue weighted by molar-refractivity contribution is 6.31. The third kappa shape index (κ3) is 3.62. The first-order valence-electron chi connectivity index (χ1n) is 8.26. The molecule has 0 aliphatic heterocycles. The second-order valence-electron chi connectivity index (χ2n) is 6.38. The Kier molecular flexibility index (Phi) is 4.95. The number of amides is 2. The van der Waals surface area contributed by atoms with E-state index in [1.54, 1.807) is 18.2 Å². The number of rotatable bonds is 3. The van der Waals surface area contributed by atoms with Gasteiger partial charge in [-0.1, -0.05) is 30.5 Å². The van der Waals surface area contributed by atoms with Crippen molar-refractivity contribution in [2.75, 3.05) is 7.05 Å². The predicted molar refractivity (Wildman–Crippen MR) is 94.9 cm³/mol. The lowest BCUT2D eigenvalue weighted by Gasteiger charge is -2.31. The molecule has 6 nitrogen and oxygen atoms in total. The van der Waals surface area contributed by atoms with E-state index in [1.165, 1.54) is 7.05 Å². The molecule has 2 N–H and O–H groups in total. The summed E-state index contributed by atoms with van der Waals surface area (Å²) in [6, 6.07) is 6.89. The van der Waals surface area contributed by atoms with Gasteiger partial charge in [0.15, 0.2) is 6.19 Å². The lowest BCUT2D eigenvalue weighted by molar-refractivity contribution is -0.133. The highest BCUT2D eigenvalue weighted by Crippen LogP contribution is 2.27. The number of benzene rings is 1. The Morgan fingerprint density at radius 1 is 1.32 bits per heavy atom. The minimum atomic E-state index is -0.360. The van der Waals surface area contributed by atoms with Crippen LogP contribution in [-0.2, 0) is 4.79 Å². The number of nitrogens with one attached hydrogen (secondary N) is 2. The van der Waals surface area contributed by atoms with Crippen LogP contribution in [0, 0.1) is 17.4 Å². The van der Waals surface area contributed by atoms with E-state index in [0.717, 1.165) is 35.1 Å². The molecule has 130 valence electrons. The van der Waals surface area contributed by atoms with Gasteiger partial charge >= 0.3 is 0 Å². The van der Waals surface area contributed by atoms with Gasteiger partial charge in [0, 0.05) is 29.0 Å². The lowest BCUT2D eigenvalue weighted by Crippen LogP contribution is -2.48. The monoisotopic (exact) mass is 358 g/mol. The van der Waals surface area contributed by atoms with Crippen molar-refractivity contribution in [2.24, 2.45) is 5.92 Å². The number of carbonyl (C=O) groups is 2. The summed E-state index contributed by atoms with van der Waals surface area (Å²) in [6.45, 7) is 0. The number of nitriles is 1. The van der Waals surface area contributed by atoms with Crippen LogP contribution in [-0.4, -0.2) is 34.8 Å². The molecule has 0 saturated heterocycles. The minimum Gasteiger partial charge on any atom is -0.350 e. The van der Waals surface area contributed by atoms with Crippen molar-refractivity contribution in [1.82, 2.24) is 15.2 Å². The Labute approximate surface area is 150 Å². The van der Waals surface area contributed by atoms with E-state index in [-0.39, 0.29) is 23.8 Å². The number of carbonyl (C=O) groups excluding carboxylic acids is 2. The fourth-order valence-corrected chi connectivity index (χ4v) is 3.54. The van der Waals surface area contributed by atoms with E-state index in [0.29, 0.717) is 17.1 Å². The van der Waals surface area contributed by atoms with Gasteiger partial charge in [-0.25, -0.2) is 0 Å². The molecule has 1 fully saturated rings. The smallest absolute Gasteiger partial charge is 0.267 e. The molecule has 0 radical (unpaired) electrons. The van der Waals surface area contributed by atoms with E-state index in [4.69, 9.17) is 16.9 Å². The molecule has 25 heavy (non-hydrogen) atoms. The number of fused-ring (bicyclic) bond motifs is 1. The van der Waals surface area contributed by atoms with Gasteiger partial charge in [0.05, 0.1) is 5.92 Å². The van der Waals surface area contributed by atoms with Crippen molar-refractivity contribution >= 4 is 34.3 Å². The maximum Gasteiger partial charge on any atom is 0.267 e. The zero-order valence-electron chi connectivity index (χ0n) is 13.9. The average Bonchev–Trinajstić information content (AvgIpc) is 3.04. The molecule has 1 aliphatic carbocycles. The van der Waals surface area contributed by atoms with Gasteiger partial charge in [0.25, 0.3) is 5.91 Å². The number of nitrogens with zero attached hydrogens (tertiary/aromatic N) is 2. The first kappa shape index (κ1) is 17.3. The van der Waals surface area contributed by atoms with Crippen LogP contribution in [0.1, 0.15) is 36.2 Å². The average molecular weight is 359 g/mol. The summed E-state index contributed by atoms with van der Waals surface area (Å²) in [7, 11) is 1.46. The Morgan fingerprint density at radius 3 is 2.84 bits per heavy atom. The first-order valence-corrected chi connectivity index (χ1v) is 8.64. The zero-order chi connectivity index (χ0) is 18.0. The predicted octanol–water partition coefficient (Wildman–Crippen LogP) is 3.05. The van der Waals surface area contributed by atoms with Gasteiger partial charge in [0.1, 0.15) is 5.69 Å². The number of aromatic nitrogens is 1.